The highest BCUT2D eigenvalue weighted by molar-refractivity contribution is 5.97. The van der Waals surface area contributed by atoms with Crippen LogP contribution >= 0.6 is 0 Å². The molecule has 112 valence electrons. The Kier molecular flexibility index (Phi) is 4.78. The molecule has 2 rings (SSSR count). The lowest BCUT2D eigenvalue weighted by Gasteiger charge is -2.10. The number of carbonyl (C=O) groups excluding carboxylic acids is 1. The van der Waals surface area contributed by atoms with Crippen LogP contribution in [-0.4, -0.2) is 21.7 Å². The van der Waals surface area contributed by atoms with Gasteiger partial charge in [-0.15, -0.1) is 0 Å². The van der Waals surface area contributed by atoms with Gasteiger partial charge in [0.2, 0.25) is 0 Å². The molecule has 4 nitrogen and oxygen atoms in total. The largest absolute Gasteiger partial charge is 0.491 e. The van der Waals surface area contributed by atoms with Crippen molar-refractivity contribution in [1.82, 2.24) is 9.78 Å². The van der Waals surface area contributed by atoms with Crippen molar-refractivity contribution in [2.24, 2.45) is 0 Å². The van der Waals surface area contributed by atoms with Crippen molar-refractivity contribution in [3.8, 4) is 5.75 Å². The van der Waals surface area contributed by atoms with Gasteiger partial charge in [0.25, 0.3) is 0 Å². The predicted molar refractivity (Wildman–Crippen MR) is 82.9 cm³/mol. The zero-order chi connectivity index (χ0) is 15.4. The summed E-state index contributed by atoms with van der Waals surface area (Å²) < 4.78 is 7.51. The van der Waals surface area contributed by atoms with Crippen LogP contribution < -0.4 is 4.74 Å². The van der Waals surface area contributed by atoms with E-state index in [0.717, 1.165) is 23.7 Å². The molecule has 0 bridgehead atoms. The Labute approximate surface area is 125 Å². The van der Waals surface area contributed by atoms with Crippen LogP contribution in [0.3, 0.4) is 0 Å². The molecule has 0 saturated carbocycles. The molecule has 0 unspecified atom stereocenters. The number of ether oxygens (including phenoxy) is 1. The summed E-state index contributed by atoms with van der Waals surface area (Å²) in [6, 6.07) is 9.33. The monoisotopic (exact) mass is 286 g/mol. The van der Waals surface area contributed by atoms with Gasteiger partial charge in [-0.05, 0) is 45.9 Å². The number of ketones is 1. The highest BCUT2D eigenvalue weighted by Crippen LogP contribution is 2.17. The fourth-order valence-electron chi connectivity index (χ4n) is 2.30. The van der Waals surface area contributed by atoms with Gasteiger partial charge in [0.1, 0.15) is 5.75 Å². The van der Waals surface area contributed by atoms with E-state index in [0.29, 0.717) is 12.0 Å². The minimum atomic E-state index is 0.0822. The summed E-state index contributed by atoms with van der Waals surface area (Å²) in [4.78, 5) is 12.4. The summed E-state index contributed by atoms with van der Waals surface area (Å²) in [7, 11) is 0. The second kappa shape index (κ2) is 6.57. The molecule has 0 aliphatic rings. The fourth-order valence-corrected chi connectivity index (χ4v) is 2.30. The molecule has 1 heterocycles. The molecule has 1 aromatic heterocycles. The minimum Gasteiger partial charge on any atom is -0.491 e. The number of benzene rings is 1. The highest BCUT2D eigenvalue weighted by atomic mass is 16.5. The van der Waals surface area contributed by atoms with Crippen LogP contribution in [0.4, 0.5) is 0 Å². The van der Waals surface area contributed by atoms with Crippen LogP contribution in [0.15, 0.2) is 30.3 Å². The molecule has 21 heavy (non-hydrogen) atoms. The maximum absolute atomic E-state index is 12.4. The zero-order valence-electron chi connectivity index (χ0n) is 13.1. The number of aryl methyl sites for hydroxylation is 2. The Bertz CT molecular complexity index is 629. The maximum Gasteiger partial charge on any atom is 0.168 e. The molecule has 0 aliphatic carbocycles. The van der Waals surface area contributed by atoms with Crippen LogP contribution in [0.25, 0.3) is 0 Å². The molecular formula is C17H22N2O2. The van der Waals surface area contributed by atoms with Crippen molar-refractivity contribution in [3.05, 3.63) is 47.3 Å². The van der Waals surface area contributed by atoms with Gasteiger partial charge in [0, 0.05) is 17.8 Å². The summed E-state index contributed by atoms with van der Waals surface area (Å²) in [6.07, 6.45) is 0.458. The lowest BCUT2D eigenvalue weighted by Crippen LogP contribution is -2.10. The van der Waals surface area contributed by atoms with Crippen molar-refractivity contribution in [2.75, 3.05) is 0 Å². The molecule has 0 amide bonds. The van der Waals surface area contributed by atoms with Crippen molar-refractivity contribution >= 4 is 5.78 Å². The normalized spacial score (nSPS) is 10.9. The van der Waals surface area contributed by atoms with Crippen molar-refractivity contribution < 1.29 is 9.53 Å². The Balaban J connectivity index is 2.16. The van der Waals surface area contributed by atoms with Gasteiger partial charge in [-0.2, -0.15) is 5.10 Å². The highest BCUT2D eigenvalue weighted by Gasteiger charge is 2.12. The van der Waals surface area contributed by atoms with Gasteiger partial charge in [0.15, 0.2) is 5.78 Å². The van der Waals surface area contributed by atoms with E-state index in [9.17, 15) is 4.79 Å². The predicted octanol–water partition coefficient (Wildman–Crippen LogP) is 3.42. The third-order valence-corrected chi connectivity index (χ3v) is 3.15. The number of Topliss-reactive ketones (excluding diaryl/α,β-unsaturated/α-hetero) is 1. The van der Waals surface area contributed by atoms with E-state index in [1.165, 1.54) is 0 Å². The number of carbonyl (C=O) groups is 1. The molecule has 0 fully saturated rings. The lowest BCUT2D eigenvalue weighted by molar-refractivity contribution is 0.0989. The van der Waals surface area contributed by atoms with Crippen LogP contribution in [0.2, 0.25) is 0 Å². The molecule has 2 aromatic rings. The van der Waals surface area contributed by atoms with Crippen molar-refractivity contribution in [1.29, 1.82) is 0 Å². The van der Waals surface area contributed by atoms with Gasteiger partial charge in [-0.25, -0.2) is 0 Å². The minimum absolute atomic E-state index is 0.0822. The SMILES string of the molecule is CCn1nc(C)cc1CC(=O)c1cccc(OC(C)C)c1. The first-order valence-electron chi connectivity index (χ1n) is 7.33. The van der Waals surface area contributed by atoms with Crippen LogP contribution in [0.5, 0.6) is 5.75 Å². The summed E-state index contributed by atoms with van der Waals surface area (Å²) in [5, 5.41) is 4.37. The summed E-state index contributed by atoms with van der Waals surface area (Å²) in [6.45, 7) is 8.68. The van der Waals surface area contributed by atoms with E-state index >= 15 is 0 Å². The summed E-state index contributed by atoms with van der Waals surface area (Å²) in [5.41, 5.74) is 2.57. The molecular weight excluding hydrogens is 264 g/mol. The molecule has 0 aliphatic heterocycles. The Morgan fingerprint density at radius 1 is 1.33 bits per heavy atom. The third kappa shape index (κ3) is 3.94. The van der Waals surface area contributed by atoms with Crippen LogP contribution in [0, 0.1) is 6.92 Å². The number of hydrogen-bond donors (Lipinski definition) is 0. The standard InChI is InChI=1S/C17H22N2O2/c1-5-19-15(9-13(4)18-19)11-17(20)14-7-6-8-16(10-14)21-12(2)3/h6-10,12H,5,11H2,1-4H3. The van der Waals surface area contributed by atoms with Gasteiger partial charge >= 0.3 is 0 Å². The average Bonchev–Trinajstić information content (AvgIpc) is 2.78. The van der Waals surface area contributed by atoms with Crippen LogP contribution in [-0.2, 0) is 13.0 Å². The third-order valence-electron chi connectivity index (χ3n) is 3.15. The molecule has 0 saturated heterocycles. The second-order valence-corrected chi connectivity index (χ2v) is 5.39. The first-order valence-corrected chi connectivity index (χ1v) is 7.33. The van der Waals surface area contributed by atoms with Crippen LogP contribution in [0.1, 0.15) is 42.5 Å². The smallest absolute Gasteiger partial charge is 0.168 e. The molecule has 4 heteroatoms. The molecule has 0 spiro atoms. The molecule has 0 radical (unpaired) electrons. The van der Waals surface area contributed by atoms with Gasteiger partial charge in [-0.1, -0.05) is 12.1 Å². The second-order valence-electron chi connectivity index (χ2n) is 5.39. The lowest BCUT2D eigenvalue weighted by atomic mass is 10.1. The first kappa shape index (κ1) is 15.3. The Morgan fingerprint density at radius 2 is 2.10 bits per heavy atom. The van der Waals surface area contributed by atoms with Crippen molar-refractivity contribution in [2.45, 2.75) is 46.8 Å². The van der Waals surface area contributed by atoms with E-state index in [1.54, 1.807) is 0 Å². The molecule has 0 atom stereocenters. The fraction of sp³-hybridized carbons (Fsp3) is 0.412. The van der Waals surface area contributed by atoms with E-state index in [2.05, 4.69) is 5.10 Å². The molecule has 1 aromatic carbocycles. The Hall–Kier alpha value is -2.10. The zero-order valence-corrected chi connectivity index (χ0v) is 13.1. The van der Waals surface area contributed by atoms with Gasteiger partial charge < -0.3 is 4.74 Å². The van der Waals surface area contributed by atoms with E-state index < -0.39 is 0 Å². The van der Waals surface area contributed by atoms with Crippen molar-refractivity contribution in [3.63, 3.8) is 0 Å². The van der Waals surface area contributed by atoms with E-state index in [4.69, 9.17) is 4.74 Å². The number of nitrogens with zero attached hydrogens (tertiary/aromatic N) is 2. The van der Waals surface area contributed by atoms with E-state index in [-0.39, 0.29) is 11.9 Å². The molecule has 0 N–H and O–H groups in total. The Morgan fingerprint density at radius 3 is 2.76 bits per heavy atom. The summed E-state index contributed by atoms with van der Waals surface area (Å²) >= 11 is 0. The maximum atomic E-state index is 12.4. The quantitative estimate of drug-likeness (QED) is 0.764. The van der Waals surface area contributed by atoms with E-state index in [1.807, 2.05) is 62.7 Å². The first-order chi connectivity index (χ1) is 9.99. The van der Waals surface area contributed by atoms with Gasteiger partial charge in [-0.3, -0.25) is 9.48 Å². The number of aromatic nitrogens is 2. The number of rotatable bonds is 6. The van der Waals surface area contributed by atoms with Gasteiger partial charge in [0.05, 0.1) is 18.2 Å². The topological polar surface area (TPSA) is 44.1 Å². The number of hydrogen-bond acceptors (Lipinski definition) is 3. The summed E-state index contributed by atoms with van der Waals surface area (Å²) in [5.74, 6) is 0.815. The average molecular weight is 286 g/mol.